The maximum absolute atomic E-state index is 6.51. The van der Waals surface area contributed by atoms with Crippen LogP contribution >= 0.6 is 23.2 Å². The van der Waals surface area contributed by atoms with Crippen molar-refractivity contribution in [2.45, 2.75) is 19.1 Å². The van der Waals surface area contributed by atoms with Crippen LogP contribution in [0.1, 0.15) is 23.7 Å². The number of ether oxygens (including phenoxy) is 1. The van der Waals surface area contributed by atoms with Crippen LogP contribution < -0.4 is 4.74 Å². The number of nitrogens with zero attached hydrogens (tertiary/aromatic N) is 2. The minimum Gasteiger partial charge on any atom is -0.486 e. The molecule has 0 bridgehead atoms. The summed E-state index contributed by atoms with van der Waals surface area (Å²) in [5.74, 6) is 0.807. The zero-order valence-electron chi connectivity index (χ0n) is 17.6. The van der Waals surface area contributed by atoms with Crippen LogP contribution in [0.15, 0.2) is 78.9 Å². The highest BCUT2D eigenvalue weighted by atomic mass is 35.5. The van der Waals surface area contributed by atoms with Gasteiger partial charge in [-0.05, 0) is 35.9 Å². The van der Waals surface area contributed by atoms with Gasteiger partial charge in [0, 0.05) is 61.3 Å². The molecule has 5 heteroatoms. The molecule has 1 atom stereocenters. The molecule has 1 fully saturated rings. The summed E-state index contributed by atoms with van der Waals surface area (Å²) in [7, 11) is 0. The second-order valence-corrected chi connectivity index (χ2v) is 8.82. The summed E-state index contributed by atoms with van der Waals surface area (Å²) >= 11 is 12.5. The lowest BCUT2D eigenvalue weighted by Crippen LogP contribution is -2.46. The summed E-state index contributed by atoms with van der Waals surface area (Å²) in [6, 6.07) is 26.2. The van der Waals surface area contributed by atoms with E-state index in [9.17, 15) is 0 Å². The minimum absolute atomic E-state index is 0.0998. The Bertz CT molecular complexity index is 941. The van der Waals surface area contributed by atoms with E-state index in [4.69, 9.17) is 27.9 Å². The molecule has 0 amide bonds. The zero-order valence-corrected chi connectivity index (χ0v) is 19.1. The Labute approximate surface area is 195 Å². The number of halogens is 2. The van der Waals surface area contributed by atoms with E-state index in [0.717, 1.165) is 62.0 Å². The van der Waals surface area contributed by atoms with Crippen LogP contribution in [-0.4, -0.2) is 42.5 Å². The Morgan fingerprint density at radius 2 is 1.39 bits per heavy atom. The van der Waals surface area contributed by atoms with Crippen LogP contribution in [0.5, 0.6) is 5.75 Å². The SMILES string of the molecule is Clc1ccc(OC(CCN2CCN(Cc3ccccc3)CC2)c2ccccc2Cl)cc1. The van der Waals surface area contributed by atoms with Crippen molar-refractivity contribution in [2.75, 3.05) is 32.7 Å². The van der Waals surface area contributed by atoms with Crippen molar-refractivity contribution in [3.8, 4) is 5.75 Å². The Balaban J connectivity index is 1.34. The zero-order chi connectivity index (χ0) is 21.5. The summed E-state index contributed by atoms with van der Waals surface area (Å²) in [5, 5.41) is 1.45. The molecule has 3 aromatic rings. The molecular weight excluding hydrogens is 427 g/mol. The average Bonchev–Trinajstić information content (AvgIpc) is 2.80. The van der Waals surface area contributed by atoms with Gasteiger partial charge < -0.3 is 9.64 Å². The average molecular weight is 455 g/mol. The highest BCUT2D eigenvalue weighted by Gasteiger charge is 2.21. The predicted octanol–water partition coefficient (Wildman–Crippen LogP) is 6.32. The van der Waals surface area contributed by atoms with Crippen LogP contribution in [0.2, 0.25) is 10.0 Å². The summed E-state index contributed by atoms with van der Waals surface area (Å²) in [4.78, 5) is 5.05. The molecule has 3 aromatic carbocycles. The normalized spacial score (nSPS) is 16.2. The van der Waals surface area contributed by atoms with Crippen molar-refractivity contribution in [1.82, 2.24) is 9.80 Å². The van der Waals surface area contributed by atoms with Crippen LogP contribution in [0.3, 0.4) is 0 Å². The molecule has 162 valence electrons. The van der Waals surface area contributed by atoms with Crippen molar-refractivity contribution >= 4 is 23.2 Å². The van der Waals surface area contributed by atoms with Gasteiger partial charge in [0.2, 0.25) is 0 Å². The van der Waals surface area contributed by atoms with E-state index in [1.54, 1.807) is 0 Å². The second-order valence-electron chi connectivity index (χ2n) is 7.97. The molecule has 0 radical (unpaired) electrons. The van der Waals surface area contributed by atoms with E-state index < -0.39 is 0 Å². The van der Waals surface area contributed by atoms with Gasteiger partial charge in [-0.3, -0.25) is 4.90 Å². The van der Waals surface area contributed by atoms with Gasteiger partial charge in [-0.1, -0.05) is 71.7 Å². The van der Waals surface area contributed by atoms with Gasteiger partial charge in [-0.25, -0.2) is 0 Å². The van der Waals surface area contributed by atoms with E-state index >= 15 is 0 Å². The van der Waals surface area contributed by atoms with Crippen LogP contribution in [0.25, 0.3) is 0 Å². The lowest BCUT2D eigenvalue weighted by Gasteiger charge is -2.35. The minimum atomic E-state index is -0.0998. The first kappa shape index (κ1) is 22.2. The molecule has 1 heterocycles. The van der Waals surface area contributed by atoms with Crippen LogP contribution in [0, 0.1) is 0 Å². The number of rotatable bonds is 8. The fourth-order valence-corrected chi connectivity index (χ4v) is 4.39. The van der Waals surface area contributed by atoms with Gasteiger partial charge in [0.25, 0.3) is 0 Å². The van der Waals surface area contributed by atoms with Crippen molar-refractivity contribution in [2.24, 2.45) is 0 Å². The van der Waals surface area contributed by atoms with Crippen LogP contribution in [0.4, 0.5) is 0 Å². The third-order valence-electron chi connectivity index (χ3n) is 5.77. The second kappa shape index (κ2) is 11.0. The first-order valence-electron chi connectivity index (χ1n) is 10.8. The Hall–Kier alpha value is -2.04. The molecule has 1 aliphatic heterocycles. The van der Waals surface area contributed by atoms with Crippen LogP contribution in [-0.2, 0) is 6.54 Å². The van der Waals surface area contributed by atoms with Crippen molar-refractivity contribution in [3.63, 3.8) is 0 Å². The molecule has 31 heavy (non-hydrogen) atoms. The highest BCUT2D eigenvalue weighted by molar-refractivity contribution is 6.31. The maximum atomic E-state index is 6.51. The summed E-state index contributed by atoms with van der Waals surface area (Å²) in [6.45, 7) is 6.32. The Morgan fingerprint density at radius 3 is 2.10 bits per heavy atom. The summed E-state index contributed by atoms with van der Waals surface area (Å²) in [6.07, 6.45) is 0.780. The lowest BCUT2D eigenvalue weighted by atomic mass is 10.1. The van der Waals surface area contributed by atoms with Gasteiger partial charge in [0.1, 0.15) is 11.9 Å². The topological polar surface area (TPSA) is 15.7 Å². The summed E-state index contributed by atoms with van der Waals surface area (Å²) < 4.78 is 6.35. The molecule has 0 aromatic heterocycles. The fourth-order valence-electron chi connectivity index (χ4n) is 4.00. The number of piperazine rings is 1. The highest BCUT2D eigenvalue weighted by Crippen LogP contribution is 2.31. The molecule has 1 saturated heterocycles. The monoisotopic (exact) mass is 454 g/mol. The molecule has 4 rings (SSSR count). The largest absolute Gasteiger partial charge is 0.486 e. The Kier molecular flexibility index (Phi) is 7.87. The van der Waals surface area contributed by atoms with E-state index in [0.29, 0.717) is 5.02 Å². The molecule has 0 N–H and O–H groups in total. The first-order valence-corrected chi connectivity index (χ1v) is 11.6. The van der Waals surface area contributed by atoms with Gasteiger partial charge in [0.15, 0.2) is 0 Å². The Morgan fingerprint density at radius 1 is 0.742 bits per heavy atom. The van der Waals surface area contributed by atoms with Gasteiger partial charge in [0.05, 0.1) is 0 Å². The van der Waals surface area contributed by atoms with E-state index in [-0.39, 0.29) is 6.10 Å². The van der Waals surface area contributed by atoms with E-state index in [2.05, 4.69) is 46.2 Å². The van der Waals surface area contributed by atoms with Crippen molar-refractivity contribution < 1.29 is 4.74 Å². The lowest BCUT2D eigenvalue weighted by molar-refractivity contribution is 0.107. The van der Waals surface area contributed by atoms with Gasteiger partial charge in [-0.15, -0.1) is 0 Å². The molecule has 3 nitrogen and oxygen atoms in total. The molecule has 1 unspecified atom stereocenters. The molecular formula is C26H28Cl2N2O. The van der Waals surface area contributed by atoms with Crippen molar-refractivity contribution in [1.29, 1.82) is 0 Å². The molecule has 0 spiro atoms. The third-order valence-corrected chi connectivity index (χ3v) is 6.36. The van der Waals surface area contributed by atoms with Gasteiger partial charge in [-0.2, -0.15) is 0 Å². The molecule has 1 aliphatic rings. The van der Waals surface area contributed by atoms with Crippen molar-refractivity contribution in [3.05, 3.63) is 100 Å². The number of hydrogen-bond donors (Lipinski definition) is 0. The van der Waals surface area contributed by atoms with E-state index in [1.807, 2.05) is 42.5 Å². The number of benzene rings is 3. The molecule has 0 aliphatic carbocycles. The smallest absolute Gasteiger partial charge is 0.126 e. The number of hydrogen-bond acceptors (Lipinski definition) is 3. The fraction of sp³-hybridized carbons (Fsp3) is 0.308. The third kappa shape index (κ3) is 6.47. The predicted molar refractivity (Wildman–Crippen MR) is 129 cm³/mol. The molecule has 0 saturated carbocycles. The quantitative estimate of drug-likeness (QED) is 0.395. The standard InChI is InChI=1S/C26H28Cl2N2O/c27-22-10-12-23(13-11-22)31-26(24-8-4-5-9-25(24)28)14-15-29-16-18-30(19-17-29)20-21-6-2-1-3-7-21/h1-13,26H,14-20H2. The van der Waals surface area contributed by atoms with E-state index in [1.165, 1.54) is 5.56 Å². The maximum Gasteiger partial charge on any atom is 0.126 e. The first-order chi connectivity index (χ1) is 15.2. The summed E-state index contributed by atoms with van der Waals surface area (Å²) in [5.41, 5.74) is 2.41. The van der Waals surface area contributed by atoms with Gasteiger partial charge >= 0.3 is 0 Å².